The summed E-state index contributed by atoms with van der Waals surface area (Å²) in [6.45, 7) is 2.20. The number of nitrogens with zero attached hydrogens (tertiary/aromatic N) is 3. The molecule has 1 aliphatic rings. The van der Waals surface area contributed by atoms with Crippen molar-refractivity contribution in [3.63, 3.8) is 0 Å². The number of ether oxygens (including phenoxy) is 1. The number of rotatable bonds is 5. The van der Waals surface area contributed by atoms with E-state index in [4.69, 9.17) is 4.74 Å². The summed E-state index contributed by atoms with van der Waals surface area (Å²) in [4.78, 5) is 29.1. The van der Waals surface area contributed by atoms with Crippen LogP contribution in [-0.2, 0) is 14.8 Å². The lowest BCUT2D eigenvalue weighted by Crippen LogP contribution is -2.45. The molecule has 0 spiro atoms. The van der Waals surface area contributed by atoms with Crippen molar-refractivity contribution in [2.24, 2.45) is 5.92 Å². The van der Waals surface area contributed by atoms with Gasteiger partial charge in [0.2, 0.25) is 10.0 Å². The van der Waals surface area contributed by atoms with Crippen LogP contribution in [0.15, 0.2) is 17.1 Å². The van der Waals surface area contributed by atoms with Crippen LogP contribution in [0, 0.1) is 12.8 Å². The van der Waals surface area contributed by atoms with Crippen molar-refractivity contribution in [2.75, 3.05) is 33.1 Å². The van der Waals surface area contributed by atoms with Crippen molar-refractivity contribution in [2.45, 2.75) is 13.0 Å². The largest absolute Gasteiger partial charge is 0.379 e. The molecule has 11 heteroatoms. The highest BCUT2D eigenvalue weighted by Crippen LogP contribution is 2.17. The van der Waals surface area contributed by atoms with Crippen LogP contribution in [0.5, 0.6) is 0 Å². The molecule has 0 aliphatic carbocycles. The number of aromatic amines is 1. The zero-order valence-corrected chi connectivity index (χ0v) is 15.5. The maximum Gasteiger partial charge on any atom is 0.285 e. The Hall–Kier alpha value is -2.24. The van der Waals surface area contributed by atoms with E-state index in [0.29, 0.717) is 5.65 Å². The minimum absolute atomic E-state index is 0.120. The van der Waals surface area contributed by atoms with E-state index in [1.165, 1.54) is 24.8 Å². The third-order valence-electron chi connectivity index (χ3n) is 4.36. The van der Waals surface area contributed by atoms with Crippen molar-refractivity contribution in [3.8, 4) is 0 Å². The van der Waals surface area contributed by atoms with Gasteiger partial charge in [-0.2, -0.15) is 0 Å². The Balaban J connectivity index is 1.79. The smallest absolute Gasteiger partial charge is 0.285 e. The van der Waals surface area contributed by atoms with Crippen molar-refractivity contribution >= 4 is 21.6 Å². The molecule has 2 aromatic rings. The highest BCUT2D eigenvalue weighted by molar-refractivity contribution is 7.89. The van der Waals surface area contributed by atoms with E-state index in [9.17, 15) is 18.0 Å². The second-order valence-electron chi connectivity index (χ2n) is 6.55. The number of hydrogen-bond donors (Lipinski definition) is 2. The van der Waals surface area contributed by atoms with E-state index < -0.39 is 33.4 Å². The van der Waals surface area contributed by atoms with Gasteiger partial charge in [0.05, 0.1) is 25.0 Å². The van der Waals surface area contributed by atoms with Gasteiger partial charge in [0.1, 0.15) is 5.56 Å². The Bertz CT molecular complexity index is 994. The molecular formula is C15H21N5O5S. The first-order valence-electron chi connectivity index (χ1n) is 8.05. The summed E-state index contributed by atoms with van der Waals surface area (Å²) < 4.78 is 31.8. The minimum Gasteiger partial charge on any atom is -0.379 e. The Morgan fingerprint density at radius 2 is 2.19 bits per heavy atom. The summed E-state index contributed by atoms with van der Waals surface area (Å²) >= 11 is 0. The summed E-state index contributed by atoms with van der Waals surface area (Å²) in [5, 5.41) is 5.53. The van der Waals surface area contributed by atoms with Crippen LogP contribution in [0.25, 0.3) is 5.65 Å². The van der Waals surface area contributed by atoms with Gasteiger partial charge in [-0.3, -0.25) is 14.7 Å². The van der Waals surface area contributed by atoms with Gasteiger partial charge in [0.25, 0.3) is 11.5 Å². The summed E-state index contributed by atoms with van der Waals surface area (Å²) in [6.07, 6.45) is 1.22. The molecule has 10 nitrogen and oxygen atoms in total. The average molecular weight is 383 g/mol. The van der Waals surface area contributed by atoms with Crippen molar-refractivity contribution < 1.29 is 17.9 Å². The summed E-state index contributed by atoms with van der Waals surface area (Å²) in [5.74, 6) is -1.14. The zero-order valence-electron chi connectivity index (χ0n) is 14.7. The predicted octanol–water partition coefficient (Wildman–Crippen LogP) is -1.03. The van der Waals surface area contributed by atoms with Crippen LogP contribution in [-0.4, -0.2) is 72.3 Å². The lowest BCUT2D eigenvalue weighted by atomic mass is 10.1. The molecule has 2 aromatic heterocycles. The molecule has 2 N–H and O–H groups in total. The molecule has 1 saturated heterocycles. The van der Waals surface area contributed by atoms with Crippen LogP contribution < -0.4 is 10.9 Å². The van der Waals surface area contributed by atoms with Crippen LogP contribution in [0.1, 0.15) is 16.1 Å². The van der Waals surface area contributed by atoms with Gasteiger partial charge in [-0.15, -0.1) is 0 Å². The molecule has 0 bridgehead atoms. The molecule has 2 atom stereocenters. The molecule has 1 aliphatic heterocycles. The maximum atomic E-state index is 12.5. The fourth-order valence-electron chi connectivity index (χ4n) is 2.82. The molecule has 26 heavy (non-hydrogen) atoms. The van der Waals surface area contributed by atoms with E-state index in [2.05, 4.69) is 15.4 Å². The highest BCUT2D eigenvalue weighted by atomic mass is 32.2. The number of fused-ring (bicyclic) bond motifs is 1. The molecule has 0 aromatic carbocycles. The van der Waals surface area contributed by atoms with Gasteiger partial charge >= 0.3 is 0 Å². The van der Waals surface area contributed by atoms with E-state index in [1.807, 2.05) is 0 Å². The van der Waals surface area contributed by atoms with E-state index in [-0.39, 0.29) is 24.5 Å². The monoisotopic (exact) mass is 383 g/mol. The minimum atomic E-state index is -3.43. The van der Waals surface area contributed by atoms with Crippen LogP contribution in [0.2, 0.25) is 0 Å². The number of aryl methyl sites for hydroxylation is 1. The second-order valence-corrected chi connectivity index (χ2v) is 8.78. The first kappa shape index (κ1) is 18.5. The average Bonchev–Trinajstić information content (AvgIpc) is 3.13. The fraction of sp³-hybridized carbons (Fsp3) is 0.533. The van der Waals surface area contributed by atoms with Crippen molar-refractivity contribution in [3.05, 3.63) is 33.9 Å². The summed E-state index contributed by atoms with van der Waals surface area (Å²) in [6, 6.07) is 1.19. The Morgan fingerprint density at radius 1 is 1.46 bits per heavy atom. The molecular weight excluding hydrogens is 362 g/mol. The van der Waals surface area contributed by atoms with E-state index in [0.717, 1.165) is 10.00 Å². The molecule has 3 rings (SSSR count). The molecule has 1 amide bonds. The molecule has 0 radical (unpaired) electrons. The lowest BCUT2D eigenvalue weighted by molar-refractivity contribution is 0.0923. The third kappa shape index (κ3) is 3.50. The lowest BCUT2D eigenvalue weighted by Gasteiger charge is -2.20. The van der Waals surface area contributed by atoms with Gasteiger partial charge < -0.3 is 10.1 Å². The van der Waals surface area contributed by atoms with Crippen LogP contribution in [0.3, 0.4) is 0 Å². The number of amides is 1. The fourth-order valence-corrected chi connectivity index (χ4v) is 3.99. The highest BCUT2D eigenvalue weighted by Gasteiger charge is 2.34. The Kier molecular flexibility index (Phi) is 4.86. The normalized spacial score (nSPS) is 20.8. The quantitative estimate of drug-likeness (QED) is 0.680. The van der Waals surface area contributed by atoms with E-state index >= 15 is 0 Å². The third-order valence-corrected chi connectivity index (χ3v) is 6.32. The van der Waals surface area contributed by atoms with E-state index in [1.54, 1.807) is 13.0 Å². The second kappa shape index (κ2) is 6.82. The maximum absolute atomic E-state index is 12.5. The Labute approximate surface area is 150 Å². The van der Waals surface area contributed by atoms with Gasteiger partial charge in [-0.1, -0.05) is 0 Å². The number of carbonyl (C=O) groups excluding carboxylic acids is 1. The standard InChI is InChI=1S/C15H21N5O5S/c1-9-4-13-16-5-11(15(22)20(13)18-9)14(21)17-12-7-25-6-10(12)8-26(23,24)19(2)3/h4-5,10,12,18H,6-8H2,1-3H3,(H,17,21)/t10-,12+/m0/s1. The summed E-state index contributed by atoms with van der Waals surface area (Å²) in [5.41, 5.74) is 0.524. The molecule has 3 heterocycles. The van der Waals surface area contributed by atoms with Crippen molar-refractivity contribution in [1.29, 1.82) is 0 Å². The van der Waals surface area contributed by atoms with Gasteiger partial charge in [-0.25, -0.2) is 22.2 Å². The van der Waals surface area contributed by atoms with Crippen LogP contribution in [0.4, 0.5) is 0 Å². The van der Waals surface area contributed by atoms with Gasteiger partial charge in [0, 0.05) is 38.0 Å². The number of carbonyl (C=O) groups is 1. The predicted molar refractivity (Wildman–Crippen MR) is 93.6 cm³/mol. The number of H-pyrrole nitrogens is 1. The van der Waals surface area contributed by atoms with Gasteiger partial charge in [-0.05, 0) is 6.92 Å². The van der Waals surface area contributed by atoms with Crippen molar-refractivity contribution in [1.82, 2.24) is 24.2 Å². The SMILES string of the molecule is Cc1cc2ncc(C(=O)N[C@@H]3COC[C@H]3CS(=O)(=O)N(C)C)c(=O)n2[nH]1. The molecule has 0 unspecified atom stereocenters. The number of hydrogen-bond acceptors (Lipinski definition) is 6. The summed E-state index contributed by atoms with van der Waals surface area (Å²) in [7, 11) is -0.516. The van der Waals surface area contributed by atoms with Gasteiger partial charge in [0.15, 0.2) is 5.65 Å². The molecule has 142 valence electrons. The topological polar surface area (TPSA) is 126 Å². The zero-order chi connectivity index (χ0) is 19.1. The number of sulfonamides is 1. The molecule has 0 saturated carbocycles. The Morgan fingerprint density at radius 3 is 2.88 bits per heavy atom. The molecule has 1 fully saturated rings. The number of nitrogens with one attached hydrogen (secondary N) is 2. The first-order valence-corrected chi connectivity index (χ1v) is 9.66. The number of aromatic nitrogens is 3. The van der Waals surface area contributed by atoms with Crippen LogP contribution >= 0.6 is 0 Å². The first-order chi connectivity index (χ1) is 12.2.